The van der Waals surface area contributed by atoms with Crippen molar-refractivity contribution in [3.63, 3.8) is 0 Å². The zero-order valence-corrected chi connectivity index (χ0v) is 13.6. The van der Waals surface area contributed by atoms with Crippen molar-refractivity contribution < 1.29 is 4.79 Å². The summed E-state index contributed by atoms with van der Waals surface area (Å²) in [5.41, 5.74) is 2.06. The molecule has 24 heavy (non-hydrogen) atoms. The molecule has 5 heteroatoms. The van der Waals surface area contributed by atoms with Crippen LogP contribution in [0.5, 0.6) is 0 Å². The lowest BCUT2D eigenvalue weighted by atomic mass is 10.1. The first-order valence-electron chi connectivity index (χ1n) is 8.02. The van der Waals surface area contributed by atoms with E-state index in [0.29, 0.717) is 12.4 Å². The molecule has 0 saturated carbocycles. The average Bonchev–Trinajstić information content (AvgIpc) is 2.63. The molecule has 5 nitrogen and oxygen atoms in total. The maximum Gasteiger partial charge on any atom is 0.242 e. The summed E-state index contributed by atoms with van der Waals surface area (Å²) in [5.74, 6) is 0.625. The molecule has 0 bridgehead atoms. The minimum Gasteiger partial charge on any atom is -0.358 e. The molecule has 2 N–H and O–H groups in total. The second-order valence-electron chi connectivity index (χ2n) is 5.63. The molecule has 3 rings (SSSR count). The first-order chi connectivity index (χ1) is 11.7. The number of aromatic nitrogens is 2. The number of carbonyl (C=O) groups is 1. The summed E-state index contributed by atoms with van der Waals surface area (Å²) in [5, 5.41) is 7.03. The van der Waals surface area contributed by atoms with Crippen LogP contribution in [0.25, 0.3) is 10.9 Å². The molecular formula is C19H20N4O. The van der Waals surface area contributed by atoms with Crippen LogP contribution in [0.4, 0.5) is 5.82 Å². The number of rotatable bonds is 6. The molecule has 1 atom stereocenters. The summed E-state index contributed by atoms with van der Waals surface area (Å²) in [7, 11) is 0. The fourth-order valence-electron chi connectivity index (χ4n) is 2.52. The number of para-hydroxylation sites is 1. The molecule has 0 aliphatic carbocycles. The quantitative estimate of drug-likeness (QED) is 0.733. The summed E-state index contributed by atoms with van der Waals surface area (Å²) >= 11 is 0. The Morgan fingerprint density at radius 1 is 1.04 bits per heavy atom. The van der Waals surface area contributed by atoms with Crippen LogP contribution in [-0.4, -0.2) is 28.5 Å². The van der Waals surface area contributed by atoms with Crippen molar-refractivity contribution in [2.24, 2.45) is 0 Å². The molecule has 0 unspecified atom stereocenters. The predicted octanol–water partition coefficient (Wildman–Crippen LogP) is 2.79. The third-order valence-corrected chi connectivity index (χ3v) is 3.85. The highest BCUT2D eigenvalue weighted by Crippen LogP contribution is 2.18. The maximum atomic E-state index is 12.3. The van der Waals surface area contributed by atoms with Gasteiger partial charge in [-0.25, -0.2) is 9.97 Å². The Hall–Kier alpha value is -2.95. The molecule has 122 valence electrons. The first-order valence-corrected chi connectivity index (χ1v) is 8.02. The lowest BCUT2D eigenvalue weighted by Crippen LogP contribution is -2.38. The number of nitrogens with one attached hydrogen (secondary N) is 2. The van der Waals surface area contributed by atoms with Crippen LogP contribution in [0.1, 0.15) is 12.5 Å². The lowest BCUT2D eigenvalue weighted by Gasteiger charge is -2.15. The van der Waals surface area contributed by atoms with Crippen molar-refractivity contribution >= 4 is 22.6 Å². The number of benzene rings is 2. The summed E-state index contributed by atoms with van der Waals surface area (Å²) in [6.07, 6.45) is 2.32. The molecule has 0 spiro atoms. The highest BCUT2D eigenvalue weighted by atomic mass is 16.2. The van der Waals surface area contributed by atoms with Gasteiger partial charge in [0.15, 0.2) is 0 Å². The van der Waals surface area contributed by atoms with E-state index in [4.69, 9.17) is 0 Å². The molecule has 3 aromatic rings. The van der Waals surface area contributed by atoms with Gasteiger partial charge in [-0.05, 0) is 31.0 Å². The van der Waals surface area contributed by atoms with Gasteiger partial charge in [-0.15, -0.1) is 0 Å². The van der Waals surface area contributed by atoms with E-state index >= 15 is 0 Å². The molecule has 0 aliphatic heterocycles. The van der Waals surface area contributed by atoms with Crippen molar-refractivity contribution in [1.29, 1.82) is 0 Å². The smallest absolute Gasteiger partial charge is 0.242 e. The van der Waals surface area contributed by atoms with Crippen molar-refractivity contribution in [2.45, 2.75) is 19.4 Å². The first kappa shape index (κ1) is 15.9. The summed E-state index contributed by atoms with van der Waals surface area (Å²) in [6, 6.07) is 17.5. The van der Waals surface area contributed by atoms with Gasteiger partial charge >= 0.3 is 0 Å². The highest BCUT2D eigenvalue weighted by molar-refractivity contribution is 5.91. The van der Waals surface area contributed by atoms with Crippen LogP contribution in [0.2, 0.25) is 0 Å². The minimum absolute atomic E-state index is 0.0476. The predicted molar refractivity (Wildman–Crippen MR) is 95.8 cm³/mol. The normalized spacial score (nSPS) is 11.9. The zero-order chi connectivity index (χ0) is 16.8. The average molecular weight is 320 g/mol. The van der Waals surface area contributed by atoms with E-state index in [-0.39, 0.29) is 11.9 Å². The summed E-state index contributed by atoms with van der Waals surface area (Å²) in [4.78, 5) is 20.7. The molecule has 0 fully saturated rings. The second kappa shape index (κ2) is 7.55. The molecule has 1 amide bonds. The van der Waals surface area contributed by atoms with E-state index in [0.717, 1.165) is 17.3 Å². The summed E-state index contributed by atoms with van der Waals surface area (Å²) in [6.45, 7) is 2.44. The minimum atomic E-state index is -0.376. The van der Waals surface area contributed by atoms with Gasteiger partial charge in [-0.2, -0.15) is 0 Å². The number of amides is 1. The lowest BCUT2D eigenvalue weighted by molar-refractivity contribution is -0.121. The van der Waals surface area contributed by atoms with Gasteiger partial charge in [0.05, 0.1) is 5.52 Å². The SMILES string of the molecule is C[C@@H](Nc1ncnc2ccccc12)C(=O)NCCc1ccccc1. The standard InChI is InChI=1S/C19H20N4O/c1-14(19(24)20-12-11-15-7-3-2-4-8-15)23-18-16-9-5-6-10-17(16)21-13-22-18/h2-10,13-14H,11-12H2,1H3,(H,20,24)(H,21,22,23)/t14-/m1/s1. The topological polar surface area (TPSA) is 66.9 Å². The monoisotopic (exact) mass is 320 g/mol. The molecular weight excluding hydrogens is 300 g/mol. The van der Waals surface area contributed by atoms with Crippen LogP contribution in [0, 0.1) is 0 Å². The third kappa shape index (κ3) is 3.87. The van der Waals surface area contributed by atoms with Crippen molar-refractivity contribution in [3.05, 3.63) is 66.5 Å². The Morgan fingerprint density at radius 3 is 2.62 bits per heavy atom. The van der Waals surface area contributed by atoms with Gasteiger partial charge in [0.1, 0.15) is 18.2 Å². The Labute approximate surface area is 141 Å². The van der Waals surface area contributed by atoms with Gasteiger partial charge in [0.2, 0.25) is 5.91 Å². The van der Waals surface area contributed by atoms with Gasteiger partial charge in [-0.1, -0.05) is 42.5 Å². The molecule has 0 aliphatic rings. The van der Waals surface area contributed by atoms with Crippen LogP contribution in [-0.2, 0) is 11.2 Å². The summed E-state index contributed by atoms with van der Waals surface area (Å²) < 4.78 is 0. The van der Waals surface area contributed by atoms with Crippen molar-refractivity contribution in [2.75, 3.05) is 11.9 Å². The van der Waals surface area contributed by atoms with Crippen molar-refractivity contribution in [3.8, 4) is 0 Å². The Morgan fingerprint density at radius 2 is 1.79 bits per heavy atom. The van der Waals surface area contributed by atoms with Gasteiger partial charge < -0.3 is 10.6 Å². The van der Waals surface area contributed by atoms with Gasteiger partial charge in [0, 0.05) is 11.9 Å². The van der Waals surface area contributed by atoms with Crippen LogP contribution >= 0.6 is 0 Å². The van der Waals surface area contributed by atoms with Gasteiger partial charge in [-0.3, -0.25) is 4.79 Å². The Balaban J connectivity index is 1.57. The van der Waals surface area contributed by atoms with Crippen LogP contribution in [0.3, 0.4) is 0 Å². The number of carbonyl (C=O) groups excluding carboxylic acids is 1. The molecule has 1 aromatic heterocycles. The third-order valence-electron chi connectivity index (χ3n) is 3.85. The largest absolute Gasteiger partial charge is 0.358 e. The molecule has 0 radical (unpaired) electrons. The fourth-order valence-corrected chi connectivity index (χ4v) is 2.52. The number of fused-ring (bicyclic) bond motifs is 1. The maximum absolute atomic E-state index is 12.3. The van der Waals surface area contributed by atoms with E-state index in [9.17, 15) is 4.79 Å². The van der Waals surface area contributed by atoms with E-state index in [1.165, 1.54) is 11.9 Å². The van der Waals surface area contributed by atoms with E-state index < -0.39 is 0 Å². The Kier molecular flexibility index (Phi) is 5.01. The molecule has 0 saturated heterocycles. The molecule has 1 heterocycles. The second-order valence-corrected chi connectivity index (χ2v) is 5.63. The van der Waals surface area contributed by atoms with Crippen LogP contribution < -0.4 is 10.6 Å². The van der Waals surface area contributed by atoms with E-state index in [1.54, 1.807) is 0 Å². The number of hydrogen-bond donors (Lipinski definition) is 2. The number of anilines is 1. The highest BCUT2D eigenvalue weighted by Gasteiger charge is 2.14. The number of nitrogens with zero attached hydrogens (tertiary/aromatic N) is 2. The molecule has 2 aromatic carbocycles. The fraction of sp³-hybridized carbons (Fsp3) is 0.211. The van der Waals surface area contributed by atoms with E-state index in [1.807, 2.05) is 49.4 Å². The Bertz CT molecular complexity index is 814. The number of hydrogen-bond acceptors (Lipinski definition) is 4. The van der Waals surface area contributed by atoms with Gasteiger partial charge in [0.25, 0.3) is 0 Å². The van der Waals surface area contributed by atoms with E-state index in [2.05, 4.69) is 32.7 Å². The van der Waals surface area contributed by atoms with Crippen molar-refractivity contribution in [1.82, 2.24) is 15.3 Å². The zero-order valence-electron chi connectivity index (χ0n) is 13.6. The van der Waals surface area contributed by atoms with Crippen LogP contribution in [0.15, 0.2) is 60.9 Å².